The summed E-state index contributed by atoms with van der Waals surface area (Å²) in [7, 11) is 0. The number of benzene rings is 9. The molecule has 62 heavy (non-hydrogen) atoms. The van der Waals surface area contributed by atoms with Crippen LogP contribution >= 0.6 is 0 Å². The second kappa shape index (κ2) is 13.5. The average Bonchev–Trinajstić information content (AvgIpc) is 3.88. The predicted molar refractivity (Wildman–Crippen MR) is 260 cm³/mol. The molecule has 296 valence electrons. The summed E-state index contributed by atoms with van der Waals surface area (Å²) in [6.45, 7) is 9.60. The van der Waals surface area contributed by atoms with E-state index in [1.807, 2.05) is 12.1 Å². The molecule has 2 aliphatic carbocycles. The van der Waals surface area contributed by atoms with Gasteiger partial charge in [-0.2, -0.15) is 0 Å². The lowest BCUT2D eigenvalue weighted by molar-refractivity contribution is 0.652. The Morgan fingerprint density at radius 2 is 0.855 bits per heavy atom. The van der Waals surface area contributed by atoms with Gasteiger partial charge < -0.3 is 9.32 Å². The summed E-state index contributed by atoms with van der Waals surface area (Å²) in [5.74, 6) is 0. The fraction of sp³-hybridized carbons (Fsp3) is 0.100. The van der Waals surface area contributed by atoms with Crippen molar-refractivity contribution < 1.29 is 4.42 Å². The van der Waals surface area contributed by atoms with Gasteiger partial charge >= 0.3 is 0 Å². The zero-order valence-corrected chi connectivity index (χ0v) is 35.4. The van der Waals surface area contributed by atoms with Crippen molar-refractivity contribution in [2.24, 2.45) is 0 Å². The number of para-hydroxylation sites is 1. The molecule has 0 saturated heterocycles. The van der Waals surface area contributed by atoms with Crippen molar-refractivity contribution in [3.8, 4) is 55.6 Å². The smallest absolute Gasteiger partial charge is 0.136 e. The van der Waals surface area contributed by atoms with E-state index in [4.69, 9.17) is 4.42 Å². The van der Waals surface area contributed by atoms with Gasteiger partial charge in [0.25, 0.3) is 0 Å². The summed E-state index contributed by atoms with van der Waals surface area (Å²) < 4.78 is 6.27. The summed E-state index contributed by atoms with van der Waals surface area (Å²) in [6.07, 6.45) is 0. The molecule has 0 N–H and O–H groups in total. The van der Waals surface area contributed by atoms with Crippen LogP contribution in [0, 0.1) is 0 Å². The van der Waals surface area contributed by atoms with Crippen molar-refractivity contribution in [2.75, 3.05) is 4.90 Å². The molecule has 1 aromatic heterocycles. The second-order valence-electron chi connectivity index (χ2n) is 18.1. The van der Waals surface area contributed by atoms with Gasteiger partial charge in [0.15, 0.2) is 0 Å². The SMILES string of the molecule is CC1(C)c2cc(N(c3ccc(-c4ccccc4)cc3)c3ccc(-c4ccc5c(c4)oc4ccccc45)cc3)ccc2-c2cc3c(cc21)-c1c(-c2ccccc2)cccc1C3(C)C. The zero-order chi connectivity index (χ0) is 41.7. The molecule has 0 fully saturated rings. The first-order valence-corrected chi connectivity index (χ1v) is 21.7. The molecule has 2 aliphatic rings. The van der Waals surface area contributed by atoms with E-state index in [2.05, 4.69) is 221 Å². The van der Waals surface area contributed by atoms with Crippen LogP contribution in [-0.4, -0.2) is 0 Å². The van der Waals surface area contributed by atoms with Crippen LogP contribution in [0.3, 0.4) is 0 Å². The molecular formula is C60H45NO. The normalized spacial score (nSPS) is 14.1. The number of nitrogens with zero attached hydrogens (tertiary/aromatic N) is 1. The summed E-state index contributed by atoms with van der Waals surface area (Å²) in [6, 6.07) is 73.4. The lowest BCUT2D eigenvalue weighted by Crippen LogP contribution is -2.17. The highest BCUT2D eigenvalue weighted by molar-refractivity contribution is 6.06. The highest BCUT2D eigenvalue weighted by Gasteiger charge is 2.42. The molecule has 0 spiro atoms. The van der Waals surface area contributed by atoms with Crippen molar-refractivity contribution >= 4 is 39.0 Å². The summed E-state index contributed by atoms with van der Waals surface area (Å²) in [5.41, 5.74) is 23.1. The Morgan fingerprint density at radius 3 is 1.58 bits per heavy atom. The van der Waals surface area contributed by atoms with Crippen molar-refractivity contribution in [1.29, 1.82) is 0 Å². The maximum Gasteiger partial charge on any atom is 0.136 e. The van der Waals surface area contributed by atoms with E-state index in [1.54, 1.807) is 0 Å². The van der Waals surface area contributed by atoms with Gasteiger partial charge in [0.05, 0.1) is 0 Å². The molecule has 0 saturated carbocycles. The molecule has 2 heteroatoms. The van der Waals surface area contributed by atoms with Gasteiger partial charge in [-0.25, -0.2) is 0 Å². The highest BCUT2D eigenvalue weighted by Crippen LogP contribution is 2.58. The standard InChI is InChI=1S/C60H45NO/c1-59(2)52-20-13-19-46(41-16-9-6-10-17-41)58(52)51-37-54-50(36-55(51)59)47-33-31-45(35-53(47)60(54,3)4)61(43-27-22-39(23-28-43)38-14-7-5-8-15-38)44-29-24-40(25-30-44)42-26-32-49-48-18-11-12-21-56(48)62-57(49)34-42/h5-37H,1-4H3. The molecule has 0 amide bonds. The largest absolute Gasteiger partial charge is 0.456 e. The summed E-state index contributed by atoms with van der Waals surface area (Å²) >= 11 is 0. The molecule has 0 atom stereocenters. The topological polar surface area (TPSA) is 16.4 Å². The third kappa shape index (κ3) is 5.49. The van der Waals surface area contributed by atoms with E-state index in [1.165, 1.54) is 66.8 Å². The Bertz CT molecular complexity index is 3370. The average molecular weight is 796 g/mol. The fourth-order valence-electron chi connectivity index (χ4n) is 10.6. The lowest BCUT2D eigenvalue weighted by atomic mass is 9.79. The van der Waals surface area contributed by atoms with Crippen molar-refractivity contribution in [2.45, 2.75) is 38.5 Å². The Morgan fingerprint density at radius 1 is 0.323 bits per heavy atom. The summed E-state index contributed by atoms with van der Waals surface area (Å²) in [4.78, 5) is 2.41. The van der Waals surface area contributed by atoms with E-state index in [9.17, 15) is 0 Å². The first kappa shape index (κ1) is 36.4. The van der Waals surface area contributed by atoms with Crippen LogP contribution in [0.5, 0.6) is 0 Å². The number of fused-ring (bicyclic) bond motifs is 9. The Hall–Kier alpha value is -7.42. The fourth-order valence-corrected chi connectivity index (χ4v) is 10.6. The third-order valence-electron chi connectivity index (χ3n) is 13.9. The zero-order valence-electron chi connectivity index (χ0n) is 35.4. The molecule has 1 heterocycles. The van der Waals surface area contributed by atoms with Crippen LogP contribution in [-0.2, 0) is 10.8 Å². The highest BCUT2D eigenvalue weighted by atomic mass is 16.3. The van der Waals surface area contributed by atoms with Crippen molar-refractivity contribution in [3.63, 3.8) is 0 Å². The molecule has 0 aliphatic heterocycles. The number of hydrogen-bond donors (Lipinski definition) is 0. The van der Waals surface area contributed by atoms with E-state index in [-0.39, 0.29) is 10.8 Å². The quantitative estimate of drug-likeness (QED) is 0.167. The van der Waals surface area contributed by atoms with Gasteiger partial charge in [0, 0.05) is 38.7 Å². The summed E-state index contributed by atoms with van der Waals surface area (Å²) in [5, 5.41) is 2.29. The van der Waals surface area contributed by atoms with Gasteiger partial charge in [0.2, 0.25) is 0 Å². The Kier molecular flexibility index (Phi) is 7.96. The third-order valence-corrected chi connectivity index (χ3v) is 13.9. The predicted octanol–water partition coefficient (Wildman–Crippen LogP) is 16.7. The monoisotopic (exact) mass is 795 g/mol. The molecular weight excluding hydrogens is 751 g/mol. The minimum Gasteiger partial charge on any atom is -0.456 e. The van der Waals surface area contributed by atoms with E-state index >= 15 is 0 Å². The number of hydrogen-bond acceptors (Lipinski definition) is 2. The van der Waals surface area contributed by atoms with Crippen molar-refractivity contribution in [3.05, 3.63) is 222 Å². The van der Waals surface area contributed by atoms with Crippen LogP contribution in [0.15, 0.2) is 205 Å². The minimum atomic E-state index is -0.216. The van der Waals surface area contributed by atoms with Crippen LogP contribution in [0.2, 0.25) is 0 Å². The van der Waals surface area contributed by atoms with E-state index in [0.29, 0.717) is 0 Å². The van der Waals surface area contributed by atoms with Crippen LogP contribution < -0.4 is 4.90 Å². The van der Waals surface area contributed by atoms with Gasteiger partial charge in [-0.3, -0.25) is 0 Å². The molecule has 2 nitrogen and oxygen atoms in total. The van der Waals surface area contributed by atoms with Crippen LogP contribution in [0.1, 0.15) is 49.9 Å². The first-order valence-electron chi connectivity index (χ1n) is 21.7. The van der Waals surface area contributed by atoms with Gasteiger partial charge in [-0.1, -0.05) is 161 Å². The van der Waals surface area contributed by atoms with Gasteiger partial charge in [-0.05, 0) is 145 Å². The van der Waals surface area contributed by atoms with Crippen LogP contribution in [0.25, 0.3) is 77.6 Å². The maximum absolute atomic E-state index is 6.27. The van der Waals surface area contributed by atoms with Crippen molar-refractivity contribution in [1.82, 2.24) is 0 Å². The molecule has 9 aromatic carbocycles. The number of furan rings is 1. The van der Waals surface area contributed by atoms with Gasteiger partial charge in [0.1, 0.15) is 11.2 Å². The molecule has 0 bridgehead atoms. The number of anilines is 3. The first-order chi connectivity index (χ1) is 30.2. The molecule has 10 aromatic rings. The van der Waals surface area contributed by atoms with E-state index < -0.39 is 0 Å². The Labute approximate surface area is 363 Å². The van der Waals surface area contributed by atoms with Crippen LogP contribution in [0.4, 0.5) is 17.1 Å². The Balaban J connectivity index is 0.961. The van der Waals surface area contributed by atoms with Gasteiger partial charge in [-0.15, -0.1) is 0 Å². The maximum atomic E-state index is 6.27. The molecule has 0 unspecified atom stereocenters. The lowest BCUT2D eigenvalue weighted by Gasteiger charge is -2.28. The second-order valence-corrected chi connectivity index (χ2v) is 18.1. The molecule has 12 rings (SSSR count). The molecule has 0 radical (unpaired) electrons. The van der Waals surface area contributed by atoms with E-state index in [0.717, 1.165) is 50.1 Å². The minimum absolute atomic E-state index is 0.121. The number of rotatable bonds is 6.